The fourth-order valence-corrected chi connectivity index (χ4v) is 4.02. The van der Waals surface area contributed by atoms with Crippen molar-refractivity contribution in [1.82, 2.24) is 4.90 Å². The van der Waals surface area contributed by atoms with Gasteiger partial charge in [-0.3, -0.25) is 4.79 Å². The minimum Gasteiger partial charge on any atom is -0.454 e. The summed E-state index contributed by atoms with van der Waals surface area (Å²) >= 11 is 0. The summed E-state index contributed by atoms with van der Waals surface area (Å²) in [5.41, 5.74) is 2.14. The molecule has 0 bridgehead atoms. The fraction of sp³-hybridized carbons (Fsp3) is 0.409. The van der Waals surface area contributed by atoms with Gasteiger partial charge >= 0.3 is 0 Å². The number of rotatable bonds is 6. The number of piperazine rings is 1. The molecule has 2 N–H and O–H groups in total. The summed E-state index contributed by atoms with van der Waals surface area (Å²) in [4.78, 5) is 17.1. The van der Waals surface area contributed by atoms with Gasteiger partial charge in [-0.25, -0.2) is 4.39 Å². The number of hydrogen-bond acceptors (Lipinski definition) is 3. The van der Waals surface area contributed by atoms with Crippen LogP contribution in [0.15, 0.2) is 42.5 Å². The molecule has 1 amide bonds. The van der Waals surface area contributed by atoms with Crippen molar-refractivity contribution in [2.75, 3.05) is 46.6 Å². The summed E-state index contributed by atoms with van der Waals surface area (Å²) in [6, 6.07) is 12.7. The molecule has 2 aliphatic heterocycles. The number of quaternary nitrogens is 2. The number of nitrogens with zero attached hydrogens (tertiary/aromatic N) is 1. The Morgan fingerprint density at radius 3 is 2.69 bits per heavy atom. The highest BCUT2D eigenvalue weighted by Crippen LogP contribution is 2.32. The van der Waals surface area contributed by atoms with E-state index in [1.807, 2.05) is 24.1 Å². The molecule has 1 fully saturated rings. The lowest BCUT2D eigenvalue weighted by molar-refractivity contribution is -0.918. The van der Waals surface area contributed by atoms with E-state index in [1.165, 1.54) is 22.6 Å². The molecule has 2 aromatic carbocycles. The van der Waals surface area contributed by atoms with Gasteiger partial charge in [0.1, 0.15) is 18.9 Å². The Bertz CT molecular complexity index is 868. The second kappa shape index (κ2) is 8.80. The Morgan fingerprint density at radius 2 is 1.90 bits per heavy atom. The second-order valence-electron chi connectivity index (χ2n) is 7.94. The summed E-state index contributed by atoms with van der Waals surface area (Å²) < 4.78 is 24.1. The number of likely N-dealkylation sites (N-methyl/N-ethyl adjacent to an activating group) is 1. The van der Waals surface area contributed by atoms with Crippen molar-refractivity contribution in [3.05, 3.63) is 59.4 Å². The lowest BCUT2D eigenvalue weighted by Crippen LogP contribution is -3.14. The molecule has 1 unspecified atom stereocenters. The van der Waals surface area contributed by atoms with E-state index in [0.717, 1.165) is 54.7 Å². The van der Waals surface area contributed by atoms with E-state index in [1.54, 1.807) is 6.07 Å². The monoisotopic (exact) mass is 401 g/mol. The first-order chi connectivity index (χ1) is 14.1. The van der Waals surface area contributed by atoms with Crippen LogP contribution in [0.1, 0.15) is 11.1 Å². The lowest BCUT2D eigenvalue weighted by Gasteiger charge is -2.32. The van der Waals surface area contributed by atoms with Gasteiger partial charge in [-0.1, -0.05) is 12.1 Å². The van der Waals surface area contributed by atoms with Crippen LogP contribution < -0.4 is 19.3 Å². The molecule has 0 aromatic heterocycles. The first-order valence-corrected chi connectivity index (χ1v) is 10.1. The average Bonchev–Trinajstić information content (AvgIpc) is 3.16. The molecule has 0 radical (unpaired) electrons. The molecule has 0 spiro atoms. The number of ether oxygens (including phenoxy) is 2. The van der Waals surface area contributed by atoms with Crippen molar-refractivity contribution in [2.45, 2.75) is 13.1 Å². The highest BCUT2D eigenvalue weighted by atomic mass is 19.1. The van der Waals surface area contributed by atoms with Crippen molar-refractivity contribution in [1.29, 1.82) is 0 Å². The maximum Gasteiger partial charge on any atom is 0.278 e. The highest BCUT2D eigenvalue weighted by Gasteiger charge is 2.26. The average molecular weight is 401 g/mol. The van der Waals surface area contributed by atoms with E-state index >= 15 is 0 Å². The zero-order valence-electron chi connectivity index (χ0n) is 16.7. The van der Waals surface area contributed by atoms with Crippen LogP contribution in [0.3, 0.4) is 0 Å². The quantitative estimate of drug-likeness (QED) is 0.686. The van der Waals surface area contributed by atoms with Crippen molar-refractivity contribution < 1.29 is 28.5 Å². The molecule has 1 atom stereocenters. The number of carbonyl (C=O) groups is 1. The molecule has 4 rings (SSSR count). The molecule has 1 saturated heterocycles. The minimum absolute atomic E-state index is 0.168. The molecular weight excluding hydrogens is 373 g/mol. The predicted molar refractivity (Wildman–Crippen MR) is 105 cm³/mol. The summed E-state index contributed by atoms with van der Waals surface area (Å²) in [5, 5.41) is 0. The summed E-state index contributed by atoms with van der Waals surface area (Å²) in [6.45, 7) is 5.68. The van der Waals surface area contributed by atoms with Gasteiger partial charge in [0.2, 0.25) is 6.79 Å². The van der Waals surface area contributed by atoms with Crippen LogP contribution >= 0.6 is 0 Å². The molecule has 2 aromatic rings. The number of carbonyl (C=O) groups excluding carboxylic acids is 1. The van der Waals surface area contributed by atoms with Gasteiger partial charge in [0.25, 0.3) is 5.91 Å². The number of amides is 1. The molecule has 154 valence electrons. The molecular formula is C22H28FN3O3+2. The first kappa shape index (κ1) is 19.7. The number of halogens is 1. The standard InChI is InChI=1S/C22H26FN3O3/c1-24(13-17-3-2-4-19(23)11-17)15-22(27)26-9-7-25(8-10-26)14-18-5-6-20-21(12-18)29-16-28-20/h2-6,11-12H,7-10,13-16H2,1H3/p+2. The molecule has 6 nitrogen and oxygen atoms in total. The number of hydrogen-bond donors (Lipinski definition) is 2. The van der Waals surface area contributed by atoms with Gasteiger partial charge < -0.3 is 24.2 Å². The highest BCUT2D eigenvalue weighted by molar-refractivity contribution is 5.77. The van der Waals surface area contributed by atoms with Crippen LogP contribution in [0.2, 0.25) is 0 Å². The fourth-order valence-electron chi connectivity index (χ4n) is 4.02. The van der Waals surface area contributed by atoms with E-state index in [4.69, 9.17) is 9.47 Å². The number of nitrogens with one attached hydrogen (secondary N) is 2. The van der Waals surface area contributed by atoms with Crippen molar-refractivity contribution in [2.24, 2.45) is 0 Å². The Hall–Kier alpha value is -2.64. The normalized spacial score (nSPS) is 17.4. The largest absolute Gasteiger partial charge is 0.454 e. The van der Waals surface area contributed by atoms with Gasteiger partial charge in [-0.05, 0) is 30.3 Å². The third-order valence-corrected chi connectivity index (χ3v) is 5.56. The van der Waals surface area contributed by atoms with Crippen LogP contribution in [0.4, 0.5) is 4.39 Å². The predicted octanol–water partition coefficient (Wildman–Crippen LogP) is -0.504. The Balaban J connectivity index is 1.23. The first-order valence-electron chi connectivity index (χ1n) is 10.1. The number of fused-ring (bicyclic) bond motifs is 1. The molecule has 7 heteroatoms. The van der Waals surface area contributed by atoms with Gasteiger partial charge in [-0.15, -0.1) is 0 Å². The van der Waals surface area contributed by atoms with Crippen molar-refractivity contribution in [3.63, 3.8) is 0 Å². The van der Waals surface area contributed by atoms with Gasteiger partial charge in [0.05, 0.1) is 33.2 Å². The van der Waals surface area contributed by atoms with Crippen molar-refractivity contribution in [3.8, 4) is 11.5 Å². The van der Waals surface area contributed by atoms with Crippen LogP contribution in [0, 0.1) is 5.82 Å². The van der Waals surface area contributed by atoms with Crippen LogP contribution in [-0.4, -0.2) is 57.4 Å². The Labute approximate surface area is 170 Å². The zero-order valence-corrected chi connectivity index (χ0v) is 16.7. The van der Waals surface area contributed by atoms with Crippen LogP contribution in [0.5, 0.6) is 11.5 Å². The van der Waals surface area contributed by atoms with E-state index < -0.39 is 0 Å². The minimum atomic E-state index is -0.233. The molecule has 2 aliphatic rings. The van der Waals surface area contributed by atoms with Gasteiger partial charge in [0, 0.05) is 11.1 Å². The van der Waals surface area contributed by atoms with E-state index in [2.05, 4.69) is 12.1 Å². The lowest BCUT2D eigenvalue weighted by atomic mass is 10.1. The zero-order chi connectivity index (χ0) is 20.2. The summed E-state index contributed by atoms with van der Waals surface area (Å²) in [6.07, 6.45) is 0. The second-order valence-corrected chi connectivity index (χ2v) is 7.94. The third kappa shape index (κ3) is 5.05. The van der Waals surface area contributed by atoms with E-state index in [-0.39, 0.29) is 11.7 Å². The summed E-state index contributed by atoms with van der Waals surface area (Å²) in [5.74, 6) is 1.56. The summed E-state index contributed by atoms with van der Waals surface area (Å²) in [7, 11) is 1.98. The van der Waals surface area contributed by atoms with Crippen molar-refractivity contribution >= 4 is 5.91 Å². The molecule has 2 heterocycles. The number of benzene rings is 2. The molecule has 29 heavy (non-hydrogen) atoms. The van der Waals surface area contributed by atoms with Crippen LogP contribution in [0.25, 0.3) is 0 Å². The van der Waals surface area contributed by atoms with E-state index in [9.17, 15) is 9.18 Å². The van der Waals surface area contributed by atoms with Gasteiger partial charge in [0.15, 0.2) is 18.0 Å². The van der Waals surface area contributed by atoms with E-state index in [0.29, 0.717) is 19.9 Å². The topological polar surface area (TPSA) is 47.7 Å². The molecule has 0 aliphatic carbocycles. The SMILES string of the molecule is C[NH+](CC(=O)N1CC[NH+](Cc2ccc3c(c2)OCO3)CC1)Cc1cccc(F)c1. The Kier molecular flexibility index (Phi) is 5.97. The smallest absolute Gasteiger partial charge is 0.278 e. The van der Waals surface area contributed by atoms with Crippen LogP contribution in [-0.2, 0) is 17.9 Å². The third-order valence-electron chi connectivity index (χ3n) is 5.56. The van der Waals surface area contributed by atoms with Gasteiger partial charge in [-0.2, -0.15) is 0 Å². The maximum atomic E-state index is 13.3. The molecule has 0 saturated carbocycles. The Morgan fingerprint density at radius 1 is 1.10 bits per heavy atom. The maximum absolute atomic E-state index is 13.3.